The molecule has 0 radical (unpaired) electrons. The number of rotatable bonds is 3. The van der Waals surface area contributed by atoms with E-state index in [0.29, 0.717) is 16.5 Å². The van der Waals surface area contributed by atoms with Crippen LogP contribution in [0.5, 0.6) is 0 Å². The van der Waals surface area contributed by atoms with Crippen LogP contribution < -0.4 is 0 Å². The first kappa shape index (κ1) is 12.1. The first-order valence-corrected chi connectivity index (χ1v) is 5.45. The van der Waals surface area contributed by atoms with Crippen molar-refractivity contribution in [2.24, 2.45) is 7.05 Å². The molecule has 1 aromatic carbocycles. The average molecular weight is 248 g/mol. The number of aromatic nitrogens is 1. The Hall–Kier alpha value is -2.37. The Morgan fingerprint density at radius 1 is 1.50 bits per heavy atom. The second kappa shape index (κ2) is 4.48. The summed E-state index contributed by atoms with van der Waals surface area (Å²) in [7, 11) is 1.66. The molecule has 1 heterocycles. The highest BCUT2D eigenvalue weighted by Crippen LogP contribution is 2.29. The number of esters is 1. The minimum atomic E-state index is -0.469. The molecule has 0 aliphatic rings. The molecule has 0 atom stereocenters. The minimum absolute atomic E-state index is 0.0226. The topological polar surface area (TPSA) is 74.4 Å². The van der Waals surface area contributed by atoms with Crippen molar-refractivity contribution >= 4 is 22.6 Å². The van der Waals surface area contributed by atoms with Gasteiger partial charge < -0.3 is 9.30 Å². The van der Waals surface area contributed by atoms with E-state index >= 15 is 0 Å². The maximum atomic E-state index is 11.7. The van der Waals surface area contributed by atoms with Crippen LogP contribution in [-0.2, 0) is 11.8 Å². The number of hydrogen-bond acceptors (Lipinski definition) is 4. The van der Waals surface area contributed by atoms with Crippen molar-refractivity contribution in [1.29, 1.82) is 0 Å². The van der Waals surface area contributed by atoms with Gasteiger partial charge in [0, 0.05) is 24.7 Å². The van der Waals surface area contributed by atoms with E-state index in [-0.39, 0.29) is 12.3 Å². The summed E-state index contributed by atoms with van der Waals surface area (Å²) in [5.41, 5.74) is 0.745. The second-order valence-corrected chi connectivity index (χ2v) is 3.80. The van der Waals surface area contributed by atoms with Gasteiger partial charge in [-0.3, -0.25) is 10.1 Å². The lowest BCUT2D eigenvalue weighted by atomic mass is 10.1. The minimum Gasteiger partial charge on any atom is -0.462 e. The molecule has 0 fully saturated rings. The molecule has 0 N–H and O–H groups in total. The van der Waals surface area contributed by atoms with E-state index in [0.717, 1.165) is 0 Å². The quantitative estimate of drug-likeness (QED) is 0.474. The van der Waals surface area contributed by atoms with Crippen molar-refractivity contribution in [3.8, 4) is 0 Å². The zero-order valence-corrected chi connectivity index (χ0v) is 10.0. The fourth-order valence-corrected chi connectivity index (χ4v) is 1.97. The SMILES string of the molecule is CCOC(=O)c1cn(C)c2c([N+](=O)[O-])cccc12. The monoisotopic (exact) mass is 248 g/mol. The summed E-state index contributed by atoms with van der Waals surface area (Å²) in [6.45, 7) is 1.98. The molecule has 0 spiro atoms. The van der Waals surface area contributed by atoms with Crippen LogP contribution in [-0.4, -0.2) is 22.1 Å². The van der Waals surface area contributed by atoms with E-state index in [9.17, 15) is 14.9 Å². The van der Waals surface area contributed by atoms with Crippen molar-refractivity contribution in [2.75, 3.05) is 6.61 Å². The third-order valence-corrected chi connectivity index (χ3v) is 2.67. The summed E-state index contributed by atoms with van der Waals surface area (Å²) in [5.74, 6) is -0.469. The number of nitro groups is 1. The van der Waals surface area contributed by atoms with Crippen molar-refractivity contribution in [1.82, 2.24) is 4.57 Å². The maximum absolute atomic E-state index is 11.7. The largest absolute Gasteiger partial charge is 0.462 e. The lowest BCUT2D eigenvalue weighted by molar-refractivity contribution is -0.383. The molecule has 0 amide bonds. The number of fused-ring (bicyclic) bond motifs is 1. The molecule has 0 saturated heterocycles. The molecular formula is C12H12N2O4. The number of carbonyl (C=O) groups is 1. The highest BCUT2D eigenvalue weighted by Gasteiger charge is 2.21. The Kier molecular flexibility index (Phi) is 3.01. The predicted octanol–water partition coefficient (Wildman–Crippen LogP) is 2.26. The van der Waals surface area contributed by atoms with Gasteiger partial charge >= 0.3 is 5.97 Å². The Balaban J connectivity index is 2.69. The number of nitrogens with zero attached hydrogens (tertiary/aromatic N) is 2. The van der Waals surface area contributed by atoms with Gasteiger partial charge in [0.1, 0.15) is 5.52 Å². The molecule has 0 bridgehead atoms. The molecule has 0 aliphatic carbocycles. The van der Waals surface area contributed by atoms with Crippen LogP contribution in [0.2, 0.25) is 0 Å². The van der Waals surface area contributed by atoms with E-state index in [1.165, 1.54) is 6.07 Å². The second-order valence-electron chi connectivity index (χ2n) is 3.80. The summed E-state index contributed by atoms with van der Waals surface area (Å²) in [4.78, 5) is 22.2. The Labute approximate surface area is 103 Å². The number of non-ortho nitro benzene ring substituents is 1. The Morgan fingerprint density at radius 2 is 2.22 bits per heavy atom. The molecule has 0 unspecified atom stereocenters. The van der Waals surface area contributed by atoms with E-state index in [4.69, 9.17) is 4.74 Å². The van der Waals surface area contributed by atoms with Crippen LogP contribution in [0.3, 0.4) is 0 Å². The van der Waals surface area contributed by atoms with Gasteiger partial charge in [-0.2, -0.15) is 0 Å². The number of ether oxygens (including phenoxy) is 1. The molecular weight excluding hydrogens is 236 g/mol. The molecule has 1 aromatic heterocycles. The highest BCUT2D eigenvalue weighted by molar-refractivity contribution is 6.06. The van der Waals surface area contributed by atoms with Gasteiger partial charge in [-0.15, -0.1) is 0 Å². The third-order valence-electron chi connectivity index (χ3n) is 2.67. The van der Waals surface area contributed by atoms with Crippen LogP contribution in [0.1, 0.15) is 17.3 Å². The summed E-state index contributed by atoms with van der Waals surface area (Å²) in [6, 6.07) is 4.65. The molecule has 2 aromatic rings. The summed E-state index contributed by atoms with van der Waals surface area (Å²) in [5, 5.41) is 11.5. The number of hydrogen-bond donors (Lipinski definition) is 0. The van der Waals surface area contributed by atoms with E-state index in [1.54, 1.807) is 36.9 Å². The molecule has 0 saturated carbocycles. The van der Waals surface area contributed by atoms with Crippen LogP contribution >= 0.6 is 0 Å². The maximum Gasteiger partial charge on any atom is 0.340 e. The number of nitro benzene ring substituents is 1. The van der Waals surface area contributed by atoms with Crippen molar-refractivity contribution in [2.45, 2.75) is 6.92 Å². The van der Waals surface area contributed by atoms with Gasteiger partial charge in [0.25, 0.3) is 5.69 Å². The molecule has 6 nitrogen and oxygen atoms in total. The predicted molar refractivity (Wildman–Crippen MR) is 65.5 cm³/mol. The zero-order chi connectivity index (χ0) is 13.3. The molecule has 94 valence electrons. The van der Waals surface area contributed by atoms with Gasteiger partial charge in [-0.05, 0) is 6.92 Å². The lowest BCUT2D eigenvalue weighted by Gasteiger charge is -1.99. The van der Waals surface area contributed by atoms with Crippen LogP contribution in [0.25, 0.3) is 10.9 Å². The van der Waals surface area contributed by atoms with E-state index in [2.05, 4.69) is 0 Å². The fraction of sp³-hybridized carbons (Fsp3) is 0.250. The number of benzene rings is 1. The van der Waals surface area contributed by atoms with Crippen molar-refractivity contribution < 1.29 is 14.5 Å². The van der Waals surface area contributed by atoms with Gasteiger partial charge in [0.2, 0.25) is 0 Å². The number of carbonyl (C=O) groups excluding carboxylic acids is 1. The molecule has 2 rings (SSSR count). The summed E-state index contributed by atoms with van der Waals surface area (Å²) in [6.07, 6.45) is 1.55. The van der Waals surface area contributed by atoms with E-state index in [1.807, 2.05) is 0 Å². The van der Waals surface area contributed by atoms with Gasteiger partial charge in [0.15, 0.2) is 0 Å². The van der Waals surface area contributed by atoms with Crippen LogP contribution in [0, 0.1) is 10.1 Å². The Bertz CT molecular complexity index is 630. The molecule has 0 aliphatic heterocycles. The van der Waals surface area contributed by atoms with E-state index < -0.39 is 10.9 Å². The van der Waals surface area contributed by atoms with Crippen molar-refractivity contribution in [3.63, 3.8) is 0 Å². The first-order valence-electron chi connectivity index (χ1n) is 5.45. The Morgan fingerprint density at radius 3 is 2.83 bits per heavy atom. The number of aryl methyl sites for hydroxylation is 1. The summed E-state index contributed by atoms with van der Waals surface area (Å²) < 4.78 is 6.50. The smallest absolute Gasteiger partial charge is 0.340 e. The zero-order valence-electron chi connectivity index (χ0n) is 10.0. The summed E-state index contributed by atoms with van der Waals surface area (Å²) >= 11 is 0. The lowest BCUT2D eigenvalue weighted by Crippen LogP contribution is -2.03. The molecule has 6 heteroatoms. The van der Waals surface area contributed by atoms with Crippen molar-refractivity contribution in [3.05, 3.63) is 40.1 Å². The molecule has 18 heavy (non-hydrogen) atoms. The fourth-order valence-electron chi connectivity index (χ4n) is 1.97. The van der Waals surface area contributed by atoms with Crippen LogP contribution in [0.15, 0.2) is 24.4 Å². The standard InChI is InChI=1S/C12H12N2O4/c1-3-18-12(15)9-7-13(2)11-8(9)5-4-6-10(11)14(16)17/h4-7H,3H2,1-2H3. The third kappa shape index (κ3) is 1.81. The first-order chi connectivity index (χ1) is 8.56. The number of para-hydroxylation sites is 1. The average Bonchev–Trinajstić information content (AvgIpc) is 2.67. The highest BCUT2D eigenvalue weighted by atomic mass is 16.6. The normalized spacial score (nSPS) is 10.6. The van der Waals surface area contributed by atoms with Crippen LogP contribution in [0.4, 0.5) is 5.69 Å². The van der Waals surface area contributed by atoms with Gasteiger partial charge in [-0.1, -0.05) is 12.1 Å². The van der Waals surface area contributed by atoms with Gasteiger partial charge in [-0.25, -0.2) is 4.79 Å². The van der Waals surface area contributed by atoms with Gasteiger partial charge in [0.05, 0.1) is 17.1 Å².